The second-order valence-electron chi connectivity index (χ2n) is 19.2. The van der Waals surface area contributed by atoms with Gasteiger partial charge in [-0.2, -0.15) is 10.4 Å². The van der Waals surface area contributed by atoms with Crippen molar-refractivity contribution >= 4 is 28.0 Å². The molecule has 0 amide bonds. The molecule has 0 aliphatic carbocycles. The van der Waals surface area contributed by atoms with Gasteiger partial charge in [-0.15, -0.1) is 0 Å². The maximum Gasteiger partial charge on any atom is 0.259 e. The molecule has 4 heterocycles. The Kier molecular flexibility index (Phi) is 15.9. The number of hydrogen-bond donors (Lipinski definition) is 0. The van der Waals surface area contributed by atoms with Gasteiger partial charge in [0.05, 0.1) is 51.9 Å². The molecular weight excluding hydrogens is 896 g/mol. The Morgan fingerprint density at radius 2 is 1.44 bits per heavy atom. The van der Waals surface area contributed by atoms with E-state index in [2.05, 4.69) is 89.4 Å². The molecule has 1 saturated heterocycles. The number of rotatable bonds is 20. The second-order valence-corrected chi connectivity index (χ2v) is 25.4. The SMILES string of the molecule is COc1ccc(C(OC[C@H]2O[C@@H](n3cnc4c(-n5nc(C)cc5C)ncnc43)[C@H](O[Si](C)(C)C(C)(C)C)[C@@H]2OP(OCCC#N)N(C(C)C)C(C)C)(c2ccccc2)c2ccc(OC)cc2)cc1. The van der Waals surface area contributed by atoms with Gasteiger partial charge in [-0.3, -0.25) is 4.57 Å². The van der Waals surface area contributed by atoms with Crippen LogP contribution in [0, 0.1) is 25.2 Å². The third-order valence-electron chi connectivity index (χ3n) is 12.9. The minimum Gasteiger partial charge on any atom is -0.497 e. The van der Waals surface area contributed by atoms with Gasteiger partial charge in [0.25, 0.3) is 8.53 Å². The first-order valence-electron chi connectivity index (χ1n) is 23.2. The number of ether oxygens (including phenoxy) is 4. The minimum absolute atomic E-state index is 0.0359. The van der Waals surface area contributed by atoms with Crippen LogP contribution in [-0.4, -0.2) is 100 Å². The fourth-order valence-corrected chi connectivity index (χ4v) is 11.6. The number of hydrogen-bond acceptors (Lipinski definition) is 13. The van der Waals surface area contributed by atoms with Gasteiger partial charge in [-0.1, -0.05) is 75.4 Å². The number of fused-ring (bicyclic) bond motifs is 1. The van der Waals surface area contributed by atoms with Gasteiger partial charge >= 0.3 is 0 Å². The lowest BCUT2D eigenvalue weighted by atomic mass is 9.80. The molecule has 362 valence electrons. The van der Waals surface area contributed by atoms with E-state index >= 15 is 0 Å². The summed E-state index contributed by atoms with van der Waals surface area (Å²) in [5.74, 6) is 1.99. The van der Waals surface area contributed by atoms with Gasteiger partial charge in [-0.05, 0) is 107 Å². The standard InChI is InChI=1S/C51H67N8O7PSi/c1-34(2)59(35(3)4)67(63-29-17-28-52)65-45-43(31-62-51(38-18-15-14-16-19-38,39-20-24-41(60-10)25-21-39)40-22-26-42(61-11)27-23-40)64-49(46(45)66-68(12,13)50(7,8)9)57-33-55-44-47(57)53-32-54-48(44)58-37(6)30-36(5)56-58/h14-16,18-27,30,32-35,43,45-46,49H,17,29,31H2,1-13H3/t43-,45-,46-,49-,67?/m1/s1. The van der Waals surface area contributed by atoms with Crippen molar-refractivity contribution in [3.05, 3.63) is 126 Å². The van der Waals surface area contributed by atoms with Gasteiger partial charge in [0.2, 0.25) is 0 Å². The average molecular weight is 963 g/mol. The Hall–Kier alpha value is -5.08. The highest BCUT2D eigenvalue weighted by molar-refractivity contribution is 7.44. The lowest BCUT2D eigenvalue weighted by Gasteiger charge is -2.42. The van der Waals surface area contributed by atoms with Gasteiger partial charge in [0.15, 0.2) is 31.5 Å². The first-order valence-corrected chi connectivity index (χ1v) is 27.3. The Bertz CT molecular complexity index is 2570. The van der Waals surface area contributed by atoms with Crippen LogP contribution in [-0.2, 0) is 28.5 Å². The van der Waals surface area contributed by atoms with Crippen LogP contribution in [0.5, 0.6) is 11.5 Å². The number of methoxy groups -OCH3 is 2. The first-order chi connectivity index (χ1) is 32.4. The van der Waals surface area contributed by atoms with E-state index in [9.17, 15) is 5.26 Å². The van der Waals surface area contributed by atoms with Crippen molar-refractivity contribution in [3.8, 4) is 23.4 Å². The largest absolute Gasteiger partial charge is 0.497 e. The number of nitrogens with zero attached hydrogens (tertiary/aromatic N) is 8. The summed E-state index contributed by atoms with van der Waals surface area (Å²) in [5.41, 5.74) is 4.36. The smallest absolute Gasteiger partial charge is 0.259 e. The summed E-state index contributed by atoms with van der Waals surface area (Å²) in [4.78, 5) is 14.4. The van der Waals surface area contributed by atoms with Crippen molar-refractivity contribution in [3.63, 3.8) is 0 Å². The van der Waals surface area contributed by atoms with Crippen molar-refractivity contribution in [2.75, 3.05) is 27.4 Å². The molecule has 0 N–H and O–H groups in total. The van der Waals surface area contributed by atoms with Crippen LogP contribution < -0.4 is 9.47 Å². The Morgan fingerprint density at radius 3 is 1.97 bits per heavy atom. The Labute approximate surface area is 403 Å². The molecule has 68 heavy (non-hydrogen) atoms. The van der Waals surface area contributed by atoms with Crippen molar-refractivity contribution < 1.29 is 32.4 Å². The molecule has 3 aromatic carbocycles. The van der Waals surface area contributed by atoms with E-state index in [1.807, 2.05) is 91.2 Å². The highest BCUT2D eigenvalue weighted by Crippen LogP contribution is 2.53. The molecule has 1 aliphatic heterocycles. The summed E-state index contributed by atoms with van der Waals surface area (Å²) in [6.45, 7) is 23.8. The molecule has 5 atom stereocenters. The Morgan fingerprint density at radius 1 is 0.838 bits per heavy atom. The molecular formula is C51H67N8O7PSi. The number of nitriles is 1. The molecule has 17 heteroatoms. The first kappa shape index (κ1) is 50.8. The van der Waals surface area contributed by atoms with E-state index < -0.39 is 47.0 Å². The molecule has 0 bridgehead atoms. The third kappa shape index (κ3) is 10.4. The van der Waals surface area contributed by atoms with E-state index in [4.69, 9.17) is 47.5 Å². The van der Waals surface area contributed by atoms with Crippen molar-refractivity contribution in [1.29, 1.82) is 5.26 Å². The van der Waals surface area contributed by atoms with E-state index in [0.29, 0.717) is 28.5 Å². The highest BCUT2D eigenvalue weighted by Gasteiger charge is 2.54. The maximum absolute atomic E-state index is 9.66. The summed E-state index contributed by atoms with van der Waals surface area (Å²) >= 11 is 0. The number of imidazole rings is 1. The van der Waals surface area contributed by atoms with Crippen LogP contribution in [0.4, 0.5) is 0 Å². The zero-order valence-electron chi connectivity index (χ0n) is 41.7. The fraction of sp³-hybridized carbons (Fsp3) is 0.471. The van der Waals surface area contributed by atoms with Gasteiger partial charge in [0.1, 0.15) is 41.7 Å². The van der Waals surface area contributed by atoms with Crippen LogP contribution in [0.1, 0.15) is 89.2 Å². The molecule has 1 aliphatic rings. The monoisotopic (exact) mass is 962 g/mol. The normalized spacial score (nSPS) is 18.5. The molecule has 1 fully saturated rings. The molecule has 3 aromatic heterocycles. The predicted molar refractivity (Wildman–Crippen MR) is 266 cm³/mol. The highest BCUT2D eigenvalue weighted by atomic mass is 31.2. The third-order valence-corrected chi connectivity index (χ3v) is 19.5. The molecule has 7 rings (SSSR count). The molecule has 6 aromatic rings. The number of benzene rings is 3. The maximum atomic E-state index is 9.66. The van der Waals surface area contributed by atoms with E-state index in [-0.39, 0.29) is 36.8 Å². The zero-order chi connectivity index (χ0) is 49.0. The van der Waals surface area contributed by atoms with Crippen LogP contribution in [0.25, 0.3) is 17.0 Å². The van der Waals surface area contributed by atoms with Crippen LogP contribution in [0.2, 0.25) is 18.1 Å². The lowest BCUT2D eigenvalue weighted by molar-refractivity contribution is -0.0926. The second kappa shape index (κ2) is 21.3. The predicted octanol–water partition coefficient (Wildman–Crippen LogP) is 10.6. The minimum atomic E-state index is -2.62. The Balaban J connectivity index is 1.43. The lowest BCUT2D eigenvalue weighted by Crippen LogP contribution is -2.50. The molecule has 0 saturated carbocycles. The summed E-state index contributed by atoms with van der Waals surface area (Å²) in [5, 5.41) is 14.2. The van der Waals surface area contributed by atoms with E-state index in [1.54, 1.807) is 25.2 Å². The van der Waals surface area contributed by atoms with Crippen LogP contribution in [0.15, 0.2) is 97.6 Å². The quantitative estimate of drug-likeness (QED) is 0.0309. The topological polar surface area (TPSA) is 153 Å². The van der Waals surface area contributed by atoms with Gasteiger partial charge in [-0.25, -0.2) is 24.3 Å². The molecule has 0 spiro atoms. The van der Waals surface area contributed by atoms with E-state index in [1.165, 1.54) is 6.33 Å². The van der Waals surface area contributed by atoms with Crippen LogP contribution >= 0.6 is 8.53 Å². The molecule has 1 unspecified atom stereocenters. The summed E-state index contributed by atoms with van der Waals surface area (Å²) in [7, 11) is -1.09. The van der Waals surface area contributed by atoms with Crippen LogP contribution in [0.3, 0.4) is 0 Å². The number of aryl methyl sites for hydroxylation is 2. The van der Waals surface area contributed by atoms with Crippen molar-refractivity contribution in [1.82, 2.24) is 34.0 Å². The van der Waals surface area contributed by atoms with Crippen molar-refractivity contribution in [2.24, 2.45) is 0 Å². The zero-order valence-corrected chi connectivity index (χ0v) is 43.6. The summed E-state index contributed by atoms with van der Waals surface area (Å²) < 4.78 is 53.9. The fourth-order valence-electron chi connectivity index (χ4n) is 8.54. The molecule has 0 radical (unpaired) electrons. The average Bonchev–Trinajstić information content (AvgIpc) is 4.00. The van der Waals surface area contributed by atoms with Crippen molar-refractivity contribution in [2.45, 2.75) is 129 Å². The summed E-state index contributed by atoms with van der Waals surface area (Å²) in [6, 6.07) is 30.4. The summed E-state index contributed by atoms with van der Waals surface area (Å²) in [6.07, 6.45) is 0.439. The van der Waals surface area contributed by atoms with Gasteiger partial charge < -0.3 is 32.4 Å². The van der Waals surface area contributed by atoms with E-state index in [0.717, 1.165) is 28.1 Å². The number of aromatic nitrogens is 6. The molecule has 15 nitrogen and oxygen atoms in total. The van der Waals surface area contributed by atoms with Gasteiger partial charge in [0, 0.05) is 17.8 Å².